The molecule has 1 aliphatic heterocycles. The van der Waals surface area contributed by atoms with Crippen LogP contribution in [0, 0.1) is 5.92 Å². The van der Waals surface area contributed by atoms with E-state index in [1.54, 1.807) is 13.8 Å². The van der Waals surface area contributed by atoms with Gasteiger partial charge in [0.2, 0.25) is 0 Å². The van der Waals surface area contributed by atoms with Gasteiger partial charge in [-0.2, -0.15) is 0 Å². The van der Waals surface area contributed by atoms with Crippen molar-refractivity contribution in [2.45, 2.75) is 117 Å². The van der Waals surface area contributed by atoms with Crippen LogP contribution in [0.3, 0.4) is 0 Å². The third-order valence-electron chi connectivity index (χ3n) is 5.86. The van der Waals surface area contributed by atoms with Gasteiger partial charge in [0.1, 0.15) is 0 Å². The van der Waals surface area contributed by atoms with Crippen LogP contribution in [0.4, 0.5) is 0 Å². The maximum Gasteiger partial charge on any atom is 0.0483 e. The molecule has 0 unspecified atom stereocenters. The van der Waals surface area contributed by atoms with Gasteiger partial charge < -0.3 is 5.11 Å². The number of hydrogen-bond acceptors (Lipinski definition) is 3. The van der Waals surface area contributed by atoms with E-state index >= 15 is 0 Å². The standard InChI is InChI=1S/C19H38N2.C3H8O/c1-16(2)20-14-17(3)21(18(4)15-20)13-9-8-12-19-10-6-5-7-11-19;1-3(2)4/h16-19H,5-15H2,1-4H3;3-4H,1-2H3/t17-,18+;. The Kier molecular flexibility index (Phi) is 11.3. The van der Waals surface area contributed by atoms with Crippen molar-refractivity contribution in [1.82, 2.24) is 9.80 Å². The Balaban J connectivity index is 0.000000705. The molecule has 3 nitrogen and oxygen atoms in total. The predicted octanol–water partition coefficient (Wildman–Crippen LogP) is 4.93. The van der Waals surface area contributed by atoms with E-state index in [0.717, 1.165) is 18.0 Å². The number of piperazine rings is 1. The highest BCUT2D eigenvalue weighted by molar-refractivity contribution is 4.86. The Bertz CT molecular complexity index is 311. The van der Waals surface area contributed by atoms with Crippen molar-refractivity contribution < 1.29 is 5.11 Å². The first-order valence-corrected chi connectivity index (χ1v) is 11.0. The third-order valence-corrected chi connectivity index (χ3v) is 5.86. The van der Waals surface area contributed by atoms with Gasteiger partial charge in [0.15, 0.2) is 0 Å². The summed E-state index contributed by atoms with van der Waals surface area (Å²) in [6.45, 7) is 16.8. The monoisotopic (exact) mass is 354 g/mol. The van der Waals surface area contributed by atoms with E-state index in [0.29, 0.717) is 6.04 Å². The topological polar surface area (TPSA) is 26.7 Å². The van der Waals surface area contributed by atoms with Crippen LogP contribution in [0.2, 0.25) is 0 Å². The highest BCUT2D eigenvalue weighted by Gasteiger charge is 2.29. The van der Waals surface area contributed by atoms with E-state index in [9.17, 15) is 0 Å². The summed E-state index contributed by atoms with van der Waals surface area (Å²) in [5.41, 5.74) is 0. The minimum atomic E-state index is -0.167. The van der Waals surface area contributed by atoms with Gasteiger partial charge in [0, 0.05) is 37.3 Å². The van der Waals surface area contributed by atoms with Crippen LogP contribution in [-0.4, -0.2) is 58.8 Å². The Morgan fingerprint density at radius 1 is 0.880 bits per heavy atom. The number of unbranched alkanes of at least 4 members (excludes halogenated alkanes) is 1. The molecule has 0 aromatic carbocycles. The molecule has 1 aliphatic carbocycles. The van der Waals surface area contributed by atoms with Crippen molar-refractivity contribution in [3.05, 3.63) is 0 Å². The lowest BCUT2D eigenvalue weighted by Gasteiger charge is -2.46. The predicted molar refractivity (Wildman–Crippen MR) is 110 cm³/mol. The summed E-state index contributed by atoms with van der Waals surface area (Å²) in [7, 11) is 0. The quantitative estimate of drug-likeness (QED) is 0.685. The summed E-state index contributed by atoms with van der Waals surface area (Å²) in [5.74, 6) is 1.06. The summed E-state index contributed by atoms with van der Waals surface area (Å²) in [6.07, 6.45) is 11.7. The van der Waals surface area contributed by atoms with Gasteiger partial charge in [-0.25, -0.2) is 0 Å². The molecule has 1 saturated carbocycles. The fourth-order valence-electron chi connectivity index (χ4n) is 4.46. The van der Waals surface area contributed by atoms with Gasteiger partial charge in [0.05, 0.1) is 0 Å². The highest BCUT2D eigenvalue weighted by atomic mass is 16.3. The Hall–Kier alpha value is -0.120. The maximum atomic E-state index is 8.06. The summed E-state index contributed by atoms with van der Waals surface area (Å²) in [4.78, 5) is 5.41. The number of aliphatic hydroxyl groups excluding tert-OH is 1. The molecule has 0 amide bonds. The summed E-state index contributed by atoms with van der Waals surface area (Å²) in [5, 5.41) is 8.06. The van der Waals surface area contributed by atoms with Crippen molar-refractivity contribution in [2.24, 2.45) is 5.92 Å². The maximum absolute atomic E-state index is 8.06. The van der Waals surface area contributed by atoms with E-state index in [4.69, 9.17) is 5.11 Å². The van der Waals surface area contributed by atoms with Crippen molar-refractivity contribution in [1.29, 1.82) is 0 Å². The van der Waals surface area contributed by atoms with Crippen LogP contribution in [0.1, 0.15) is 92.9 Å². The van der Waals surface area contributed by atoms with E-state index in [-0.39, 0.29) is 6.10 Å². The molecule has 150 valence electrons. The molecule has 1 heterocycles. The molecule has 2 fully saturated rings. The summed E-state index contributed by atoms with van der Waals surface area (Å²) in [6, 6.07) is 2.15. The molecule has 0 bridgehead atoms. The van der Waals surface area contributed by atoms with E-state index in [2.05, 4.69) is 37.5 Å². The van der Waals surface area contributed by atoms with E-state index < -0.39 is 0 Å². The summed E-state index contributed by atoms with van der Waals surface area (Å²) >= 11 is 0. The molecule has 2 rings (SSSR count). The molecular formula is C22H46N2O. The van der Waals surface area contributed by atoms with E-state index in [1.807, 2.05) is 0 Å². The van der Waals surface area contributed by atoms with Crippen molar-refractivity contribution in [3.63, 3.8) is 0 Å². The van der Waals surface area contributed by atoms with Gasteiger partial charge in [-0.05, 0) is 60.4 Å². The lowest BCUT2D eigenvalue weighted by molar-refractivity contribution is 0.0226. The lowest BCUT2D eigenvalue weighted by atomic mass is 9.86. The van der Waals surface area contributed by atoms with Gasteiger partial charge in [-0.1, -0.05) is 44.9 Å². The van der Waals surface area contributed by atoms with Crippen LogP contribution < -0.4 is 0 Å². The first kappa shape index (κ1) is 22.9. The largest absolute Gasteiger partial charge is 0.394 e. The minimum Gasteiger partial charge on any atom is -0.394 e. The first-order valence-electron chi connectivity index (χ1n) is 11.0. The third kappa shape index (κ3) is 9.40. The van der Waals surface area contributed by atoms with Crippen LogP contribution in [0.25, 0.3) is 0 Å². The molecule has 1 saturated heterocycles. The fraction of sp³-hybridized carbons (Fsp3) is 1.00. The second-order valence-electron chi connectivity index (χ2n) is 9.08. The molecule has 0 radical (unpaired) electrons. The molecule has 0 aromatic rings. The van der Waals surface area contributed by atoms with Gasteiger partial charge in [-0.15, -0.1) is 0 Å². The number of aliphatic hydroxyl groups is 1. The smallest absolute Gasteiger partial charge is 0.0483 e. The van der Waals surface area contributed by atoms with Crippen LogP contribution >= 0.6 is 0 Å². The summed E-state index contributed by atoms with van der Waals surface area (Å²) < 4.78 is 0. The molecule has 0 spiro atoms. The van der Waals surface area contributed by atoms with Crippen LogP contribution in [0.5, 0.6) is 0 Å². The first-order chi connectivity index (χ1) is 11.8. The second-order valence-corrected chi connectivity index (χ2v) is 9.08. The second kappa shape index (κ2) is 12.3. The highest BCUT2D eigenvalue weighted by Crippen LogP contribution is 2.28. The molecule has 1 N–H and O–H groups in total. The fourth-order valence-corrected chi connectivity index (χ4v) is 4.46. The number of nitrogens with zero attached hydrogens (tertiary/aromatic N) is 2. The molecule has 3 heteroatoms. The van der Waals surface area contributed by atoms with Crippen molar-refractivity contribution in [3.8, 4) is 0 Å². The van der Waals surface area contributed by atoms with Crippen LogP contribution in [0.15, 0.2) is 0 Å². The molecule has 2 aliphatic rings. The van der Waals surface area contributed by atoms with Crippen molar-refractivity contribution in [2.75, 3.05) is 19.6 Å². The van der Waals surface area contributed by atoms with E-state index in [1.165, 1.54) is 71.0 Å². The Morgan fingerprint density at radius 2 is 1.40 bits per heavy atom. The average molecular weight is 355 g/mol. The molecule has 2 atom stereocenters. The Morgan fingerprint density at radius 3 is 1.88 bits per heavy atom. The number of rotatable bonds is 6. The SMILES string of the molecule is CC(C)N1C[C@@H](C)N(CCCCC2CCCCC2)[C@@H](C)C1.CC(C)O. The molecule has 25 heavy (non-hydrogen) atoms. The zero-order chi connectivity index (χ0) is 18.8. The zero-order valence-corrected chi connectivity index (χ0v) is 18.0. The average Bonchev–Trinajstić information content (AvgIpc) is 2.53. The van der Waals surface area contributed by atoms with Gasteiger partial charge in [0.25, 0.3) is 0 Å². The zero-order valence-electron chi connectivity index (χ0n) is 18.0. The van der Waals surface area contributed by atoms with Gasteiger partial charge >= 0.3 is 0 Å². The molecule has 0 aromatic heterocycles. The van der Waals surface area contributed by atoms with Crippen molar-refractivity contribution >= 4 is 0 Å². The normalized spacial score (nSPS) is 26.8. The molecular weight excluding hydrogens is 308 g/mol. The van der Waals surface area contributed by atoms with Crippen LogP contribution in [-0.2, 0) is 0 Å². The minimum absolute atomic E-state index is 0.167. The Labute approximate surface area is 158 Å². The van der Waals surface area contributed by atoms with Gasteiger partial charge in [-0.3, -0.25) is 9.80 Å². The lowest BCUT2D eigenvalue weighted by Crippen LogP contribution is -2.58. The number of hydrogen-bond donors (Lipinski definition) is 1.